The molecule has 0 unspecified atom stereocenters. The summed E-state index contributed by atoms with van der Waals surface area (Å²) in [4.78, 5) is 20.8. The first-order chi connectivity index (χ1) is 6.39. The minimum absolute atomic E-state index is 0.605. The van der Waals surface area contributed by atoms with E-state index in [-0.39, 0.29) is 0 Å². The molecule has 0 saturated carbocycles. The number of hydrogen-bond donors (Lipinski definition) is 0. The van der Waals surface area contributed by atoms with Gasteiger partial charge in [0.1, 0.15) is 0 Å². The van der Waals surface area contributed by atoms with Gasteiger partial charge in [0, 0.05) is 21.0 Å². The summed E-state index contributed by atoms with van der Waals surface area (Å²) in [6.07, 6.45) is 0. The van der Waals surface area contributed by atoms with E-state index in [9.17, 15) is 14.0 Å². The average molecular weight is 208 g/mol. The normalized spacial score (nSPS) is 10.9. The maximum atomic E-state index is 13.5. The molecule has 0 aliphatic heterocycles. The molecule has 0 radical (unpaired) electrons. The van der Waals surface area contributed by atoms with Crippen molar-refractivity contribution in [3.8, 4) is 0 Å². The van der Waals surface area contributed by atoms with Gasteiger partial charge in [-0.05, 0) is 0 Å². The third kappa shape index (κ3) is 5.47. The third-order valence-electron chi connectivity index (χ3n) is 1.35. The molecule has 0 aromatic carbocycles. The Morgan fingerprint density at radius 2 is 1.50 bits per heavy atom. The quantitative estimate of drug-likeness (QED) is 0.613. The van der Waals surface area contributed by atoms with Crippen molar-refractivity contribution in [1.29, 1.82) is 0 Å². The molecule has 0 aliphatic carbocycles. The zero-order chi connectivity index (χ0) is 11.2. The van der Waals surface area contributed by atoms with E-state index in [1.807, 2.05) is 0 Å². The fourth-order valence-electron chi connectivity index (χ4n) is 0.578. The summed E-state index contributed by atoms with van der Waals surface area (Å²) in [7, 11) is 1.09. The van der Waals surface area contributed by atoms with Crippen molar-refractivity contribution in [2.24, 2.45) is 0 Å². The van der Waals surface area contributed by atoms with Gasteiger partial charge in [-0.2, -0.15) is 0 Å². The van der Waals surface area contributed by atoms with Gasteiger partial charge >= 0.3 is 11.9 Å². The molecule has 6 heteroatoms. The predicted octanol–water partition coefficient (Wildman–Crippen LogP) is 0.425. The molecule has 0 aromatic heterocycles. The molecule has 14 heavy (non-hydrogen) atoms. The van der Waals surface area contributed by atoms with Gasteiger partial charge in [-0.25, -0.2) is 4.39 Å². The van der Waals surface area contributed by atoms with Crippen LogP contribution in [-0.2, 0) is 23.8 Å². The maximum absolute atomic E-state index is 13.5. The van der Waals surface area contributed by atoms with E-state index in [1.54, 1.807) is 0 Å². The first kappa shape index (κ1) is 12.8. The third-order valence-corrected chi connectivity index (χ3v) is 1.35. The SMILES string of the molecule is COC(F)(COC(C)=O)COC(C)=O. The Kier molecular flexibility index (Phi) is 5.07. The lowest BCUT2D eigenvalue weighted by Gasteiger charge is -2.22. The summed E-state index contributed by atoms with van der Waals surface area (Å²) in [5.41, 5.74) is 0. The van der Waals surface area contributed by atoms with Crippen molar-refractivity contribution in [2.75, 3.05) is 20.3 Å². The molecule has 0 rings (SSSR count). The van der Waals surface area contributed by atoms with E-state index in [2.05, 4.69) is 14.2 Å². The van der Waals surface area contributed by atoms with Gasteiger partial charge in [0.05, 0.1) is 0 Å². The Balaban J connectivity index is 4.03. The van der Waals surface area contributed by atoms with Gasteiger partial charge in [-0.15, -0.1) is 0 Å². The van der Waals surface area contributed by atoms with Crippen LogP contribution in [0.3, 0.4) is 0 Å². The molecule has 0 fully saturated rings. The van der Waals surface area contributed by atoms with Crippen molar-refractivity contribution in [2.45, 2.75) is 19.7 Å². The lowest BCUT2D eigenvalue weighted by molar-refractivity contribution is -0.201. The van der Waals surface area contributed by atoms with Gasteiger partial charge in [-0.1, -0.05) is 0 Å². The number of rotatable bonds is 5. The number of carbonyl (C=O) groups excluding carboxylic acids is 2. The van der Waals surface area contributed by atoms with Crippen LogP contribution in [0, 0.1) is 0 Å². The van der Waals surface area contributed by atoms with Crippen molar-refractivity contribution in [3.05, 3.63) is 0 Å². The second kappa shape index (κ2) is 5.54. The fourth-order valence-corrected chi connectivity index (χ4v) is 0.578. The molecular formula is C8H13FO5. The number of hydrogen-bond acceptors (Lipinski definition) is 5. The summed E-state index contributed by atoms with van der Waals surface area (Å²) in [6, 6.07) is 0. The van der Waals surface area contributed by atoms with Crippen molar-refractivity contribution in [1.82, 2.24) is 0 Å². The van der Waals surface area contributed by atoms with Gasteiger partial charge in [-0.3, -0.25) is 9.59 Å². The predicted molar refractivity (Wildman–Crippen MR) is 44.1 cm³/mol. The van der Waals surface area contributed by atoms with E-state index < -0.39 is 31.0 Å². The van der Waals surface area contributed by atoms with Gasteiger partial charge in [0.15, 0.2) is 13.2 Å². The van der Waals surface area contributed by atoms with Crippen LogP contribution in [0.15, 0.2) is 0 Å². The number of methoxy groups -OCH3 is 1. The van der Waals surface area contributed by atoms with Gasteiger partial charge in [0.25, 0.3) is 5.85 Å². The monoisotopic (exact) mass is 208 g/mol. The summed E-state index contributed by atoms with van der Waals surface area (Å²) in [5, 5.41) is 0. The summed E-state index contributed by atoms with van der Waals surface area (Å²) >= 11 is 0. The lowest BCUT2D eigenvalue weighted by atomic mass is 10.3. The number of halogens is 1. The second-order valence-corrected chi connectivity index (χ2v) is 2.65. The Labute approximate surface area is 81.1 Å². The lowest BCUT2D eigenvalue weighted by Crippen LogP contribution is -2.38. The van der Waals surface area contributed by atoms with Crippen LogP contribution in [-0.4, -0.2) is 38.1 Å². The van der Waals surface area contributed by atoms with Crippen LogP contribution in [0.25, 0.3) is 0 Å². The zero-order valence-electron chi connectivity index (χ0n) is 8.33. The number of ether oxygens (including phenoxy) is 3. The smallest absolute Gasteiger partial charge is 0.302 e. The Morgan fingerprint density at radius 1 is 1.14 bits per heavy atom. The van der Waals surface area contributed by atoms with Crippen LogP contribution >= 0.6 is 0 Å². The van der Waals surface area contributed by atoms with Crippen LogP contribution < -0.4 is 0 Å². The fraction of sp³-hybridized carbons (Fsp3) is 0.750. The minimum Gasteiger partial charge on any atom is -0.460 e. The second-order valence-electron chi connectivity index (χ2n) is 2.65. The summed E-state index contributed by atoms with van der Waals surface area (Å²) in [6.45, 7) is 1.07. The van der Waals surface area contributed by atoms with E-state index in [0.717, 1.165) is 21.0 Å². The Hall–Kier alpha value is -1.17. The highest BCUT2D eigenvalue weighted by atomic mass is 19.2. The minimum atomic E-state index is -2.28. The number of carbonyl (C=O) groups is 2. The molecule has 0 bridgehead atoms. The average Bonchev–Trinajstić information content (AvgIpc) is 2.11. The zero-order valence-corrected chi connectivity index (χ0v) is 8.33. The van der Waals surface area contributed by atoms with Crippen LogP contribution in [0.5, 0.6) is 0 Å². The standard InChI is InChI=1S/C8H13FO5/c1-6(10)13-4-8(9,12-3)5-14-7(2)11/h4-5H2,1-3H3. The van der Waals surface area contributed by atoms with Crippen molar-refractivity contribution in [3.63, 3.8) is 0 Å². The highest BCUT2D eigenvalue weighted by Crippen LogP contribution is 2.13. The number of alkyl halides is 1. The molecule has 0 spiro atoms. The van der Waals surface area contributed by atoms with E-state index in [1.165, 1.54) is 0 Å². The van der Waals surface area contributed by atoms with Gasteiger partial charge in [0.2, 0.25) is 0 Å². The Morgan fingerprint density at radius 3 is 1.71 bits per heavy atom. The summed E-state index contributed by atoms with van der Waals surface area (Å²) in [5.74, 6) is -3.55. The van der Waals surface area contributed by atoms with Crippen LogP contribution in [0.4, 0.5) is 4.39 Å². The highest BCUT2D eigenvalue weighted by Gasteiger charge is 2.32. The highest BCUT2D eigenvalue weighted by molar-refractivity contribution is 5.66. The Bertz CT molecular complexity index is 198. The van der Waals surface area contributed by atoms with Gasteiger partial charge < -0.3 is 14.2 Å². The maximum Gasteiger partial charge on any atom is 0.302 e. The van der Waals surface area contributed by atoms with E-state index in [0.29, 0.717) is 0 Å². The molecule has 82 valence electrons. The van der Waals surface area contributed by atoms with E-state index in [4.69, 9.17) is 0 Å². The van der Waals surface area contributed by atoms with Crippen LogP contribution in [0.1, 0.15) is 13.8 Å². The molecule has 0 aromatic rings. The molecule has 0 N–H and O–H groups in total. The van der Waals surface area contributed by atoms with E-state index >= 15 is 0 Å². The molecule has 0 aliphatic rings. The molecule has 5 nitrogen and oxygen atoms in total. The number of esters is 2. The largest absolute Gasteiger partial charge is 0.460 e. The van der Waals surface area contributed by atoms with Crippen molar-refractivity contribution < 1.29 is 28.2 Å². The first-order valence-electron chi connectivity index (χ1n) is 3.90. The molecular weight excluding hydrogens is 195 g/mol. The molecule has 0 saturated heterocycles. The summed E-state index contributed by atoms with van der Waals surface area (Å²) < 4.78 is 26.7. The molecule has 0 amide bonds. The van der Waals surface area contributed by atoms with Crippen molar-refractivity contribution >= 4 is 11.9 Å². The van der Waals surface area contributed by atoms with Crippen LogP contribution in [0.2, 0.25) is 0 Å². The molecule has 0 atom stereocenters. The topological polar surface area (TPSA) is 61.8 Å². The first-order valence-corrected chi connectivity index (χ1v) is 3.90. The molecule has 0 heterocycles.